The molecule has 90 valence electrons. The van der Waals surface area contributed by atoms with Crippen LogP contribution in [-0.4, -0.2) is 48.6 Å². The Hall–Kier alpha value is -0.580. The fourth-order valence-electron chi connectivity index (χ4n) is 1.35. The van der Waals surface area contributed by atoms with Crippen molar-refractivity contribution in [3.63, 3.8) is 0 Å². The Balaban J connectivity index is 2.03. The predicted octanol–water partition coefficient (Wildman–Crippen LogP) is 1.47. The van der Waals surface area contributed by atoms with Gasteiger partial charge in [-0.15, -0.1) is 0 Å². The summed E-state index contributed by atoms with van der Waals surface area (Å²) in [4.78, 5) is 6.61. The third-order valence-electron chi connectivity index (χ3n) is 2.38. The molecule has 0 amide bonds. The van der Waals surface area contributed by atoms with Crippen molar-refractivity contribution in [1.29, 1.82) is 0 Å². The summed E-state index contributed by atoms with van der Waals surface area (Å²) in [5, 5.41) is 3.40. The van der Waals surface area contributed by atoms with Gasteiger partial charge in [0.2, 0.25) is 0 Å². The van der Waals surface area contributed by atoms with E-state index in [1.54, 1.807) is 0 Å². The number of pyridine rings is 1. The van der Waals surface area contributed by atoms with Gasteiger partial charge in [0.15, 0.2) is 0 Å². The summed E-state index contributed by atoms with van der Waals surface area (Å²) >= 11 is 1.89. The highest BCUT2D eigenvalue weighted by molar-refractivity contribution is 7.98. The Kier molecular flexibility index (Phi) is 7.21. The minimum absolute atomic E-state index is 0.858. The Bertz CT molecular complexity index is 266. The van der Waals surface area contributed by atoms with Crippen LogP contribution in [0, 0.1) is 0 Å². The van der Waals surface area contributed by atoms with E-state index in [2.05, 4.69) is 28.5 Å². The minimum Gasteiger partial charge on any atom is -0.310 e. The van der Waals surface area contributed by atoms with Gasteiger partial charge in [-0.2, -0.15) is 11.8 Å². The third kappa shape index (κ3) is 6.10. The normalized spacial score (nSPS) is 10.9. The third-order valence-corrected chi connectivity index (χ3v) is 2.97. The van der Waals surface area contributed by atoms with E-state index in [0.29, 0.717) is 0 Å². The van der Waals surface area contributed by atoms with Crippen molar-refractivity contribution in [3.05, 3.63) is 30.1 Å². The molecule has 0 aliphatic carbocycles. The molecule has 1 heterocycles. The Labute approximate surface area is 103 Å². The number of rotatable bonds is 8. The summed E-state index contributed by atoms with van der Waals surface area (Å²) in [6.45, 7) is 4.12. The lowest BCUT2D eigenvalue weighted by atomic mass is 10.3. The molecule has 1 rings (SSSR count). The van der Waals surface area contributed by atoms with E-state index >= 15 is 0 Å². The Morgan fingerprint density at radius 1 is 1.38 bits per heavy atom. The van der Waals surface area contributed by atoms with E-state index in [4.69, 9.17) is 0 Å². The van der Waals surface area contributed by atoms with E-state index < -0.39 is 0 Å². The van der Waals surface area contributed by atoms with Crippen molar-refractivity contribution in [3.8, 4) is 0 Å². The molecule has 0 fully saturated rings. The first-order chi connectivity index (χ1) is 7.83. The van der Waals surface area contributed by atoms with Crippen molar-refractivity contribution in [2.45, 2.75) is 6.54 Å². The molecule has 0 bridgehead atoms. The highest BCUT2D eigenvalue weighted by atomic mass is 32.2. The highest BCUT2D eigenvalue weighted by Crippen LogP contribution is 1.93. The van der Waals surface area contributed by atoms with Gasteiger partial charge in [-0.1, -0.05) is 6.07 Å². The summed E-state index contributed by atoms with van der Waals surface area (Å²) < 4.78 is 0. The van der Waals surface area contributed by atoms with Crippen molar-refractivity contribution in [2.75, 3.05) is 38.7 Å². The van der Waals surface area contributed by atoms with Gasteiger partial charge in [0.05, 0.1) is 5.69 Å². The molecule has 4 heteroatoms. The molecule has 0 radical (unpaired) electrons. The number of nitrogens with zero attached hydrogens (tertiary/aromatic N) is 2. The Morgan fingerprint density at radius 2 is 2.25 bits per heavy atom. The summed E-state index contributed by atoms with van der Waals surface area (Å²) in [6, 6.07) is 6.01. The fraction of sp³-hybridized carbons (Fsp3) is 0.583. The van der Waals surface area contributed by atoms with E-state index in [1.165, 1.54) is 5.75 Å². The first-order valence-electron chi connectivity index (χ1n) is 5.61. The van der Waals surface area contributed by atoms with Gasteiger partial charge >= 0.3 is 0 Å². The predicted molar refractivity (Wildman–Crippen MR) is 71.8 cm³/mol. The zero-order valence-electron chi connectivity index (χ0n) is 10.1. The van der Waals surface area contributed by atoms with Crippen LogP contribution >= 0.6 is 11.8 Å². The molecule has 0 saturated heterocycles. The molecule has 0 saturated carbocycles. The van der Waals surface area contributed by atoms with Crippen LogP contribution in [-0.2, 0) is 6.54 Å². The molecular formula is C12H21N3S. The lowest BCUT2D eigenvalue weighted by Crippen LogP contribution is -2.30. The van der Waals surface area contributed by atoms with Gasteiger partial charge in [0.25, 0.3) is 0 Å². The SMILES string of the molecule is CSCCN(C)CCNCc1ccccn1. The molecule has 0 unspecified atom stereocenters. The van der Waals surface area contributed by atoms with E-state index in [9.17, 15) is 0 Å². The number of aromatic nitrogens is 1. The number of nitrogens with one attached hydrogen (secondary N) is 1. The maximum absolute atomic E-state index is 4.27. The van der Waals surface area contributed by atoms with Gasteiger partial charge in [-0.05, 0) is 25.4 Å². The summed E-state index contributed by atoms with van der Waals surface area (Å²) in [5.41, 5.74) is 1.11. The van der Waals surface area contributed by atoms with E-state index in [-0.39, 0.29) is 0 Å². The highest BCUT2D eigenvalue weighted by Gasteiger charge is 1.97. The van der Waals surface area contributed by atoms with E-state index in [1.807, 2.05) is 36.2 Å². The second kappa shape index (κ2) is 8.56. The first kappa shape index (κ1) is 13.5. The quantitative estimate of drug-likeness (QED) is 0.695. The van der Waals surface area contributed by atoms with Crippen LogP contribution in [0.4, 0.5) is 0 Å². The molecule has 16 heavy (non-hydrogen) atoms. The van der Waals surface area contributed by atoms with Crippen LogP contribution in [0.15, 0.2) is 24.4 Å². The van der Waals surface area contributed by atoms with Gasteiger partial charge in [0.1, 0.15) is 0 Å². The largest absolute Gasteiger partial charge is 0.310 e. The molecule has 0 spiro atoms. The fourth-order valence-corrected chi connectivity index (χ4v) is 1.84. The molecule has 1 aromatic rings. The van der Waals surface area contributed by atoms with Crippen molar-refractivity contribution in [2.24, 2.45) is 0 Å². The number of likely N-dealkylation sites (N-methyl/N-ethyl adjacent to an activating group) is 1. The van der Waals surface area contributed by atoms with Crippen molar-refractivity contribution < 1.29 is 0 Å². The van der Waals surface area contributed by atoms with Crippen LogP contribution in [0.3, 0.4) is 0 Å². The maximum atomic E-state index is 4.27. The average Bonchev–Trinajstić information content (AvgIpc) is 2.33. The summed E-state index contributed by atoms with van der Waals surface area (Å²) in [5.74, 6) is 1.21. The van der Waals surface area contributed by atoms with Gasteiger partial charge in [0, 0.05) is 38.1 Å². The summed E-state index contributed by atoms with van der Waals surface area (Å²) in [6.07, 6.45) is 3.98. The lowest BCUT2D eigenvalue weighted by molar-refractivity contribution is 0.351. The average molecular weight is 239 g/mol. The molecular weight excluding hydrogens is 218 g/mol. The molecule has 1 N–H and O–H groups in total. The standard InChI is InChI=1S/C12H21N3S/c1-15(9-10-16-2)8-7-13-11-12-5-3-4-6-14-12/h3-6,13H,7-11H2,1-2H3. The number of hydrogen-bond donors (Lipinski definition) is 1. The van der Waals surface area contributed by atoms with E-state index in [0.717, 1.165) is 31.9 Å². The van der Waals surface area contributed by atoms with Crippen LogP contribution in [0.25, 0.3) is 0 Å². The van der Waals surface area contributed by atoms with Gasteiger partial charge in [-0.25, -0.2) is 0 Å². The zero-order chi connectivity index (χ0) is 11.6. The van der Waals surface area contributed by atoms with Crippen LogP contribution < -0.4 is 5.32 Å². The minimum atomic E-state index is 0.858. The smallest absolute Gasteiger partial charge is 0.0541 e. The lowest BCUT2D eigenvalue weighted by Gasteiger charge is -2.15. The second-order valence-corrected chi connectivity index (χ2v) is 4.78. The molecule has 0 aromatic carbocycles. The summed E-state index contributed by atoms with van der Waals surface area (Å²) in [7, 11) is 2.17. The molecule has 0 aliphatic heterocycles. The second-order valence-electron chi connectivity index (χ2n) is 3.79. The maximum Gasteiger partial charge on any atom is 0.0541 e. The number of hydrogen-bond acceptors (Lipinski definition) is 4. The molecule has 1 aromatic heterocycles. The van der Waals surface area contributed by atoms with Gasteiger partial charge < -0.3 is 10.2 Å². The van der Waals surface area contributed by atoms with Crippen molar-refractivity contribution in [1.82, 2.24) is 15.2 Å². The van der Waals surface area contributed by atoms with Crippen LogP contribution in [0.5, 0.6) is 0 Å². The van der Waals surface area contributed by atoms with Crippen LogP contribution in [0.2, 0.25) is 0 Å². The molecule has 3 nitrogen and oxygen atoms in total. The number of thioether (sulfide) groups is 1. The van der Waals surface area contributed by atoms with Crippen LogP contribution in [0.1, 0.15) is 5.69 Å². The molecule has 0 atom stereocenters. The molecule has 0 aliphatic rings. The zero-order valence-corrected chi connectivity index (χ0v) is 11.0. The monoisotopic (exact) mass is 239 g/mol. The topological polar surface area (TPSA) is 28.2 Å². The Morgan fingerprint density at radius 3 is 2.94 bits per heavy atom. The van der Waals surface area contributed by atoms with Gasteiger partial charge in [-0.3, -0.25) is 4.98 Å². The first-order valence-corrected chi connectivity index (χ1v) is 7.00. The van der Waals surface area contributed by atoms with Crippen molar-refractivity contribution >= 4 is 11.8 Å².